The van der Waals surface area contributed by atoms with Crippen LogP contribution in [0, 0.1) is 5.92 Å². The number of allylic oxidation sites excluding steroid dienone is 5. The molecule has 0 saturated heterocycles. The maximum atomic E-state index is 13.9. The molecule has 0 spiro atoms. The van der Waals surface area contributed by atoms with Crippen LogP contribution in [-0.2, 0) is 6.42 Å². The Labute approximate surface area is 149 Å². The van der Waals surface area contributed by atoms with Crippen molar-refractivity contribution in [2.24, 2.45) is 10.9 Å². The maximum Gasteiger partial charge on any atom is 0.124 e. The van der Waals surface area contributed by atoms with Gasteiger partial charge in [0.2, 0.25) is 0 Å². The average molecular weight is 396 g/mol. The van der Waals surface area contributed by atoms with Crippen molar-refractivity contribution in [1.29, 1.82) is 0 Å². The highest BCUT2D eigenvalue weighted by molar-refractivity contribution is 9.10. The summed E-state index contributed by atoms with van der Waals surface area (Å²) in [6.07, 6.45) is 8.47. The quantitative estimate of drug-likeness (QED) is 0.762. The van der Waals surface area contributed by atoms with E-state index in [9.17, 15) is 4.39 Å². The second kappa shape index (κ2) is 7.45. The van der Waals surface area contributed by atoms with Gasteiger partial charge >= 0.3 is 0 Å². The van der Waals surface area contributed by atoms with Gasteiger partial charge in [-0.25, -0.2) is 4.39 Å². The molecule has 0 aromatic heterocycles. The van der Waals surface area contributed by atoms with Gasteiger partial charge in [0.05, 0.1) is 6.54 Å². The van der Waals surface area contributed by atoms with Gasteiger partial charge in [-0.2, -0.15) is 0 Å². The number of nitrogens with zero attached hydrogens (tertiary/aromatic N) is 1. The molecule has 1 atom stereocenters. The third-order valence-electron chi connectivity index (χ3n) is 3.97. The third kappa shape index (κ3) is 4.12. The molecule has 0 fully saturated rings. The fourth-order valence-electron chi connectivity index (χ4n) is 2.84. The molecule has 0 radical (unpaired) electrons. The lowest BCUT2D eigenvalue weighted by Crippen LogP contribution is -2.24. The number of aliphatic imine (C=N–C) groups is 1. The number of hydrogen-bond donors (Lipinski definition) is 1. The van der Waals surface area contributed by atoms with E-state index in [0.29, 0.717) is 5.02 Å². The number of hydrogen-bond acceptors (Lipinski definition) is 2. The van der Waals surface area contributed by atoms with Crippen molar-refractivity contribution in [1.82, 2.24) is 5.32 Å². The average Bonchev–Trinajstić information content (AvgIpc) is 2.99. The van der Waals surface area contributed by atoms with E-state index in [4.69, 9.17) is 11.6 Å². The van der Waals surface area contributed by atoms with Crippen molar-refractivity contribution in [2.75, 3.05) is 13.1 Å². The lowest BCUT2D eigenvalue weighted by molar-refractivity contribution is 0.624. The van der Waals surface area contributed by atoms with Gasteiger partial charge in [-0.1, -0.05) is 39.7 Å². The lowest BCUT2D eigenvalue weighted by Gasteiger charge is -2.17. The minimum absolute atomic E-state index is 0.0137. The zero-order valence-corrected chi connectivity index (χ0v) is 14.9. The van der Waals surface area contributed by atoms with Gasteiger partial charge in [0.15, 0.2) is 0 Å². The van der Waals surface area contributed by atoms with E-state index in [-0.39, 0.29) is 11.7 Å². The molecule has 0 saturated carbocycles. The zero-order chi connectivity index (χ0) is 16.2. The van der Waals surface area contributed by atoms with E-state index in [1.165, 1.54) is 6.08 Å². The first-order valence-corrected chi connectivity index (χ1v) is 8.79. The Morgan fingerprint density at radius 3 is 3.04 bits per heavy atom. The topological polar surface area (TPSA) is 24.4 Å². The Bertz CT molecular complexity index is 722. The van der Waals surface area contributed by atoms with Crippen LogP contribution in [0.3, 0.4) is 0 Å². The minimum atomic E-state index is -0.204. The number of halogens is 3. The molecule has 1 N–H and O–H groups in total. The summed E-state index contributed by atoms with van der Waals surface area (Å²) >= 11 is 9.63. The first kappa shape index (κ1) is 16.5. The van der Waals surface area contributed by atoms with Crippen LogP contribution < -0.4 is 5.32 Å². The lowest BCUT2D eigenvalue weighted by atomic mass is 9.91. The summed E-state index contributed by atoms with van der Waals surface area (Å²) in [5.74, 6) is 0.668. The standard InChI is InChI=1S/C18H17BrClFN2/c19-17-7-6-14(20)10-13(17)5-4-12-11-15(21)2-1-3-16(12)18-22-8-9-23-18/h1-3,6-7,10-12H,4-5,8-9H2,(H,22,23). The monoisotopic (exact) mass is 394 g/mol. The van der Waals surface area contributed by atoms with Crippen LogP contribution in [0.5, 0.6) is 0 Å². The van der Waals surface area contributed by atoms with E-state index in [2.05, 4.69) is 26.2 Å². The molecule has 1 aliphatic carbocycles. The molecular weight excluding hydrogens is 379 g/mol. The van der Waals surface area contributed by atoms with Crippen molar-refractivity contribution < 1.29 is 4.39 Å². The Morgan fingerprint density at radius 1 is 1.39 bits per heavy atom. The summed E-state index contributed by atoms with van der Waals surface area (Å²) < 4.78 is 14.9. The maximum absolute atomic E-state index is 13.9. The molecule has 1 aliphatic heterocycles. The van der Waals surface area contributed by atoms with Crippen LogP contribution in [0.25, 0.3) is 0 Å². The Kier molecular flexibility index (Phi) is 5.34. The van der Waals surface area contributed by atoms with Crippen molar-refractivity contribution in [2.45, 2.75) is 12.8 Å². The van der Waals surface area contributed by atoms with Gasteiger partial charge in [0, 0.05) is 27.5 Å². The first-order chi connectivity index (χ1) is 11.1. The van der Waals surface area contributed by atoms with Crippen LogP contribution in [0.15, 0.2) is 63.4 Å². The predicted octanol–water partition coefficient (Wildman–Crippen LogP) is 5.00. The minimum Gasteiger partial charge on any atom is -0.368 e. The van der Waals surface area contributed by atoms with Crippen LogP contribution in [0.1, 0.15) is 12.0 Å². The Hall–Kier alpha value is -1.39. The van der Waals surface area contributed by atoms with Gasteiger partial charge < -0.3 is 5.32 Å². The molecular formula is C18H17BrClFN2. The summed E-state index contributed by atoms with van der Waals surface area (Å²) in [7, 11) is 0. The smallest absolute Gasteiger partial charge is 0.124 e. The van der Waals surface area contributed by atoms with Gasteiger partial charge in [-0.15, -0.1) is 0 Å². The molecule has 0 amide bonds. The number of rotatable bonds is 4. The molecule has 2 aliphatic rings. The van der Waals surface area contributed by atoms with Crippen molar-refractivity contribution >= 4 is 33.4 Å². The molecule has 3 rings (SSSR count). The van der Waals surface area contributed by atoms with E-state index >= 15 is 0 Å². The van der Waals surface area contributed by atoms with Gasteiger partial charge in [-0.3, -0.25) is 4.99 Å². The molecule has 23 heavy (non-hydrogen) atoms. The summed E-state index contributed by atoms with van der Waals surface area (Å²) in [6.45, 7) is 1.62. The fourth-order valence-corrected chi connectivity index (χ4v) is 3.47. The van der Waals surface area contributed by atoms with Gasteiger partial charge in [-0.05, 0) is 48.8 Å². The molecule has 120 valence electrons. The summed E-state index contributed by atoms with van der Waals surface area (Å²) in [6, 6.07) is 5.75. The molecule has 5 heteroatoms. The molecule has 1 unspecified atom stereocenters. The number of nitrogens with one attached hydrogen (secondary N) is 1. The van der Waals surface area contributed by atoms with Crippen molar-refractivity contribution in [3.63, 3.8) is 0 Å². The largest absolute Gasteiger partial charge is 0.368 e. The predicted molar refractivity (Wildman–Crippen MR) is 97.7 cm³/mol. The molecule has 0 bridgehead atoms. The summed E-state index contributed by atoms with van der Waals surface area (Å²) in [4.78, 5) is 4.48. The molecule has 1 heterocycles. The summed E-state index contributed by atoms with van der Waals surface area (Å²) in [5, 5.41) is 4.00. The normalized spacial score (nSPS) is 20.5. The SMILES string of the molecule is FC1=CC(CCc2cc(Cl)ccc2Br)C(C2=NCCN2)=CC=C1. The van der Waals surface area contributed by atoms with Gasteiger partial charge in [0.25, 0.3) is 0 Å². The van der Waals surface area contributed by atoms with Gasteiger partial charge in [0.1, 0.15) is 11.7 Å². The van der Waals surface area contributed by atoms with E-state index < -0.39 is 0 Å². The third-order valence-corrected chi connectivity index (χ3v) is 4.98. The molecule has 2 nitrogen and oxygen atoms in total. The number of aryl methyl sites for hydroxylation is 1. The van der Waals surface area contributed by atoms with Crippen LogP contribution in [0.2, 0.25) is 5.02 Å². The number of benzene rings is 1. The van der Waals surface area contributed by atoms with E-state index in [0.717, 1.165) is 47.4 Å². The van der Waals surface area contributed by atoms with E-state index in [1.807, 2.05) is 24.3 Å². The molecule has 1 aromatic carbocycles. The second-order valence-electron chi connectivity index (χ2n) is 5.57. The highest BCUT2D eigenvalue weighted by atomic mass is 79.9. The Balaban J connectivity index is 1.80. The van der Waals surface area contributed by atoms with Crippen LogP contribution in [0.4, 0.5) is 4.39 Å². The van der Waals surface area contributed by atoms with Crippen LogP contribution in [-0.4, -0.2) is 18.9 Å². The van der Waals surface area contributed by atoms with E-state index in [1.54, 1.807) is 12.2 Å². The van der Waals surface area contributed by atoms with Crippen molar-refractivity contribution in [3.8, 4) is 0 Å². The molecule has 1 aromatic rings. The Morgan fingerprint density at radius 2 is 2.26 bits per heavy atom. The second-order valence-corrected chi connectivity index (χ2v) is 6.86. The number of amidine groups is 1. The summed E-state index contributed by atoms with van der Waals surface area (Å²) in [5.41, 5.74) is 2.17. The highest BCUT2D eigenvalue weighted by Crippen LogP contribution is 2.29. The highest BCUT2D eigenvalue weighted by Gasteiger charge is 2.21. The van der Waals surface area contributed by atoms with Crippen molar-refractivity contribution in [3.05, 3.63) is 69.0 Å². The zero-order valence-electron chi connectivity index (χ0n) is 12.5. The fraction of sp³-hybridized carbons (Fsp3) is 0.278. The van der Waals surface area contributed by atoms with Crippen LogP contribution >= 0.6 is 27.5 Å². The first-order valence-electron chi connectivity index (χ1n) is 7.61.